The molecule has 0 unspecified atom stereocenters. The highest BCUT2D eigenvalue weighted by atomic mass is 32.2. The molecule has 1 aliphatic rings. The van der Waals surface area contributed by atoms with Gasteiger partial charge in [-0.2, -0.15) is 11.8 Å². The Hall–Kier alpha value is 0.310. The summed E-state index contributed by atoms with van der Waals surface area (Å²) >= 11 is 1.92. The van der Waals surface area contributed by atoms with Crippen LogP contribution in [0.2, 0.25) is 0 Å². The Morgan fingerprint density at radius 1 is 1.50 bits per heavy atom. The van der Waals surface area contributed by atoms with E-state index in [2.05, 4.69) is 18.5 Å². The maximum atomic E-state index is 3.60. The van der Waals surface area contributed by atoms with Crippen molar-refractivity contribution < 1.29 is 0 Å². The maximum absolute atomic E-state index is 3.60. The minimum atomic E-state index is 0.579. The first kappa shape index (κ1) is 8.41. The van der Waals surface area contributed by atoms with E-state index in [0.717, 1.165) is 0 Å². The van der Waals surface area contributed by atoms with Crippen molar-refractivity contribution >= 4 is 11.8 Å². The van der Waals surface area contributed by atoms with E-state index in [9.17, 15) is 0 Å². The van der Waals surface area contributed by atoms with E-state index in [1.165, 1.54) is 31.6 Å². The van der Waals surface area contributed by atoms with Gasteiger partial charge in [0.2, 0.25) is 0 Å². The molecule has 0 aromatic heterocycles. The highest BCUT2D eigenvalue weighted by Gasteiger charge is 2.39. The van der Waals surface area contributed by atoms with Crippen LogP contribution >= 0.6 is 11.8 Å². The highest BCUT2D eigenvalue weighted by molar-refractivity contribution is 7.98. The second-order valence-electron chi connectivity index (χ2n) is 3.05. The van der Waals surface area contributed by atoms with Crippen LogP contribution in [0.1, 0.15) is 26.2 Å². The molecule has 1 nitrogen and oxygen atoms in total. The number of hydrogen-bond acceptors (Lipinski definition) is 2. The van der Waals surface area contributed by atoms with Crippen LogP contribution in [0.25, 0.3) is 0 Å². The third-order valence-corrected chi connectivity index (χ3v) is 2.95. The summed E-state index contributed by atoms with van der Waals surface area (Å²) < 4.78 is 0. The van der Waals surface area contributed by atoms with E-state index in [0.29, 0.717) is 5.54 Å². The van der Waals surface area contributed by atoms with Crippen molar-refractivity contribution in [1.29, 1.82) is 0 Å². The Bertz CT molecular complexity index is 99.4. The van der Waals surface area contributed by atoms with Crippen molar-refractivity contribution in [2.24, 2.45) is 0 Å². The highest BCUT2D eigenvalue weighted by Crippen LogP contribution is 2.37. The van der Waals surface area contributed by atoms with Crippen molar-refractivity contribution in [2.75, 3.05) is 18.6 Å². The molecule has 60 valence electrons. The molecule has 0 radical (unpaired) electrons. The Morgan fingerprint density at radius 3 is 2.60 bits per heavy atom. The van der Waals surface area contributed by atoms with Crippen molar-refractivity contribution in [3.05, 3.63) is 0 Å². The van der Waals surface area contributed by atoms with Gasteiger partial charge in [0.1, 0.15) is 0 Å². The van der Waals surface area contributed by atoms with Crippen LogP contribution in [-0.4, -0.2) is 24.1 Å². The summed E-state index contributed by atoms with van der Waals surface area (Å²) in [4.78, 5) is 0. The molecular formula is C8H17NS. The molecule has 0 bridgehead atoms. The Kier molecular flexibility index (Phi) is 3.05. The van der Waals surface area contributed by atoms with Crippen molar-refractivity contribution in [1.82, 2.24) is 5.32 Å². The fourth-order valence-corrected chi connectivity index (χ4v) is 1.53. The van der Waals surface area contributed by atoms with Crippen LogP contribution in [-0.2, 0) is 0 Å². The van der Waals surface area contributed by atoms with Crippen LogP contribution < -0.4 is 5.32 Å². The second kappa shape index (κ2) is 3.63. The molecule has 1 rings (SSSR count). The van der Waals surface area contributed by atoms with Gasteiger partial charge < -0.3 is 5.32 Å². The van der Waals surface area contributed by atoms with Crippen LogP contribution in [0.3, 0.4) is 0 Å². The summed E-state index contributed by atoms with van der Waals surface area (Å²) in [5.74, 6) is 1.25. The van der Waals surface area contributed by atoms with Crippen LogP contribution in [0, 0.1) is 0 Å². The van der Waals surface area contributed by atoms with E-state index in [4.69, 9.17) is 0 Å². The van der Waals surface area contributed by atoms with E-state index >= 15 is 0 Å². The molecule has 0 aliphatic heterocycles. The van der Waals surface area contributed by atoms with Gasteiger partial charge in [-0.05, 0) is 25.5 Å². The molecule has 0 saturated heterocycles. The zero-order valence-electron chi connectivity index (χ0n) is 6.94. The monoisotopic (exact) mass is 159 g/mol. The number of rotatable bonds is 5. The molecule has 0 aromatic carbocycles. The summed E-state index contributed by atoms with van der Waals surface area (Å²) in [6.45, 7) is 3.47. The smallest absolute Gasteiger partial charge is 0.0180 e. The standard InChI is InChI=1S/C8H17NS/c1-3-8(4-5-8)9-6-7-10-2/h9H,3-7H2,1-2H3. The van der Waals surface area contributed by atoms with E-state index in [1.54, 1.807) is 0 Å². The van der Waals surface area contributed by atoms with Crippen LogP contribution in [0.4, 0.5) is 0 Å². The predicted molar refractivity (Wildman–Crippen MR) is 48.6 cm³/mol. The van der Waals surface area contributed by atoms with Crippen molar-refractivity contribution in [3.63, 3.8) is 0 Å². The van der Waals surface area contributed by atoms with Gasteiger partial charge in [0, 0.05) is 17.8 Å². The first-order chi connectivity index (χ1) is 4.83. The molecule has 2 heteroatoms. The van der Waals surface area contributed by atoms with E-state index in [1.807, 2.05) is 11.8 Å². The van der Waals surface area contributed by atoms with Crippen LogP contribution in [0.5, 0.6) is 0 Å². The molecule has 0 spiro atoms. The van der Waals surface area contributed by atoms with Crippen molar-refractivity contribution in [2.45, 2.75) is 31.7 Å². The van der Waals surface area contributed by atoms with Gasteiger partial charge in [0.05, 0.1) is 0 Å². The average molecular weight is 159 g/mol. The Morgan fingerprint density at radius 2 is 2.20 bits per heavy atom. The number of hydrogen-bond donors (Lipinski definition) is 1. The van der Waals surface area contributed by atoms with Gasteiger partial charge in [-0.15, -0.1) is 0 Å². The summed E-state index contributed by atoms with van der Waals surface area (Å²) in [6, 6.07) is 0. The third-order valence-electron chi connectivity index (χ3n) is 2.34. The van der Waals surface area contributed by atoms with Gasteiger partial charge in [0.15, 0.2) is 0 Å². The van der Waals surface area contributed by atoms with Gasteiger partial charge in [-0.3, -0.25) is 0 Å². The van der Waals surface area contributed by atoms with E-state index in [-0.39, 0.29) is 0 Å². The number of nitrogens with one attached hydrogen (secondary N) is 1. The molecule has 1 N–H and O–H groups in total. The quantitative estimate of drug-likeness (QED) is 0.615. The zero-order chi connectivity index (χ0) is 7.45. The molecule has 1 aliphatic carbocycles. The molecular weight excluding hydrogens is 142 g/mol. The first-order valence-corrected chi connectivity index (χ1v) is 5.46. The lowest BCUT2D eigenvalue weighted by Gasteiger charge is -2.13. The average Bonchev–Trinajstić information content (AvgIpc) is 2.70. The molecule has 0 heterocycles. The molecule has 0 amide bonds. The van der Waals surface area contributed by atoms with Gasteiger partial charge in [-0.25, -0.2) is 0 Å². The lowest BCUT2D eigenvalue weighted by molar-refractivity contribution is 0.501. The second-order valence-corrected chi connectivity index (χ2v) is 4.04. The lowest BCUT2D eigenvalue weighted by Crippen LogP contribution is -2.32. The van der Waals surface area contributed by atoms with E-state index < -0.39 is 0 Å². The van der Waals surface area contributed by atoms with Crippen molar-refractivity contribution in [3.8, 4) is 0 Å². The first-order valence-electron chi connectivity index (χ1n) is 4.07. The minimum Gasteiger partial charge on any atom is -0.310 e. The zero-order valence-corrected chi connectivity index (χ0v) is 7.76. The summed E-state index contributed by atoms with van der Waals surface area (Å²) in [6.07, 6.45) is 6.27. The lowest BCUT2D eigenvalue weighted by atomic mass is 10.2. The predicted octanol–water partition coefficient (Wildman–Crippen LogP) is 1.88. The van der Waals surface area contributed by atoms with Crippen LogP contribution in [0.15, 0.2) is 0 Å². The summed E-state index contributed by atoms with van der Waals surface area (Å²) in [5.41, 5.74) is 0.579. The fraction of sp³-hybridized carbons (Fsp3) is 1.00. The maximum Gasteiger partial charge on any atom is 0.0180 e. The Balaban J connectivity index is 2.01. The Labute approximate surface area is 68.0 Å². The minimum absolute atomic E-state index is 0.579. The van der Waals surface area contributed by atoms with Gasteiger partial charge in [0.25, 0.3) is 0 Å². The molecule has 1 fully saturated rings. The third kappa shape index (κ3) is 2.17. The summed E-state index contributed by atoms with van der Waals surface area (Å²) in [7, 11) is 0. The number of thioether (sulfide) groups is 1. The van der Waals surface area contributed by atoms with Gasteiger partial charge >= 0.3 is 0 Å². The largest absolute Gasteiger partial charge is 0.310 e. The normalized spacial score (nSPS) is 21.0. The fourth-order valence-electron chi connectivity index (χ4n) is 1.22. The molecule has 0 atom stereocenters. The SMILES string of the molecule is CCC1(NCCSC)CC1. The molecule has 1 saturated carbocycles. The van der Waals surface area contributed by atoms with Gasteiger partial charge in [-0.1, -0.05) is 6.92 Å². The topological polar surface area (TPSA) is 12.0 Å². The molecule has 0 aromatic rings. The molecule has 10 heavy (non-hydrogen) atoms. The summed E-state index contributed by atoms with van der Waals surface area (Å²) in [5, 5.41) is 3.60.